The van der Waals surface area contributed by atoms with Crippen molar-refractivity contribution < 1.29 is 4.79 Å². The van der Waals surface area contributed by atoms with Crippen LogP contribution in [-0.4, -0.2) is 41.5 Å². The van der Waals surface area contributed by atoms with Gasteiger partial charge >= 0.3 is 0 Å². The van der Waals surface area contributed by atoms with Crippen molar-refractivity contribution in [1.29, 1.82) is 0 Å². The van der Waals surface area contributed by atoms with E-state index >= 15 is 0 Å². The van der Waals surface area contributed by atoms with Crippen molar-refractivity contribution in [2.24, 2.45) is 0 Å². The maximum Gasteiger partial charge on any atom is 0.253 e. The molecule has 1 aliphatic rings. The van der Waals surface area contributed by atoms with Gasteiger partial charge in [0.2, 0.25) is 0 Å². The average molecular weight is 297 g/mol. The fourth-order valence-electron chi connectivity index (χ4n) is 2.46. The average Bonchev–Trinajstić information content (AvgIpc) is 2.47. The summed E-state index contributed by atoms with van der Waals surface area (Å²) in [5.41, 5.74) is 6.48. The zero-order valence-electron chi connectivity index (χ0n) is 11.7. The molecule has 2 rings (SSSR count). The summed E-state index contributed by atoms with van der Waals surface area (Å²) in [6.45, 7) is 4.97. The Hall–Kier alpha value is -1.33. The van der Waals surface area contributed by atoms with Gasteiger partial charge in [-0.05, 0) is 38.9 Å². The van der Waals surface area contributed by atoms with Gasteiger partial charge in [-0.2, -0.15) is 0 Å². The second-order valence-electron chi connectivity index (χ2n) is 5.25. The Balaban J connectivity index is 1.89. The molecule has 0 radical (unpaired) electrons. The van der Waals surface area contributed by atoms with Gasteiger partial charge < -0.3 is 11.1 Å². The maximum atomic E-state index is 12.1. The highest BCUT2D eigenvalue weighted by Gasteiger charge is 2.18. The highest BCUT2D eigenvalue weighted by molar-refractivity contribution is 6.29. The lowest BCUT2D eigenvalue weighted by atomic mass is 10.1. The van der Waals surface area contributed by atoms with E-state index in [0.717, 1.165) is 13.1 Å². The van der Waals surface area contributed by atoms with Crippen molar-refractivity contribution in [3.05, 3.63) is 23.0 Å². The van der Waals surface area contributed by atoms with Crippen LogP contribution in [0.2, 0.25) is 5.15 Å². The van der Waals surface area contributed by atoms with E-state index in [1.54, 1.807) is 0 Å². The van der Waals surface area contributed by atoms with Gasteiger partial charge in [-0.25, -0.2) is 4.98 Å². The first-order valence-electron chi connectivity index (χ1n) is 7.01. The SMILES string of the molecule is CC(CNC(=O)c1cc(Cl)ncc1N)N1CCCCC1. The highest BCUT2D eigenvalue weighted by atomic mass is 35.5. The molecule has 2 heterocycles. The molecular weight excluding hydrogens is 276 g/mol. The van der Waals surface area contributed by atoms with Gasteiger partial charge in [-0.15, -0.1) is 0 Å². The van der Waals surface area contributed by atoms with E-state index < -0.39 is 0 Å². The summed E-state index contributed by atoms with van der Waals surface area (Å²) >= 11 is 5.79. The molecule has 6 heteroatoms. The topological polar surface area (TPSA) is 71.2 Å². The number of nitrogens with one attached hydrogen (secondary N) is 1. The fourth-order valence-corrected chi connectivity index (χ4v) is 2.62. The Morgan fingerprint density at radius 3 is 2.90 bits per heavy atom. The molecule has 1 aromatic heterocycles. The molecule has 1 atom stereocenters. The largest absolute Gasteiger partial charge is 0.397 e. The Kier molecular flexibility index (Phi) is 5.20. The molecule has 1 amide bonds. The molecule has 0 aromatic carbocycles. The molecule has 1 aliphatic heterocycles. The molecule has 20 heavy (non-hydrogen) atoms. The van der Waals surface area contributed by atoms with E-state index in [9.17, 15) is 4.79 Å². The molecule has 0 spiro atoms. The number of rotatable bonds is 4. The van der Waals surface area contributed by atoms with Crippen LogP contribution in [0, 0.1) is 0 Å². The quantitative estimate of drug-likeness (QED) is 0.833. The van der Waals surface area contributed by atoms with Gasteiger partial charge in [0, 0.05) is 12.6 Å². The zero-order chi connectivity index (χ0) is 14.5. The monoisotopic (exact) mass is 296 g/mol. The Morgan fingerprint density at radius 2 is 2.20 bits per heavy atom. The number of likely N-dealkylation sites (tertiary alicyclic amines) is 1. The van der Waals surface area contributed by atoms with Gasteiger partial charge in [-0.3, -0.25) is 9.69 Å². The zero-order valence-corrected chi connectivity index (χ0v) is 12.5. The number of hydrogen-bond acceptors (Lipinski definition) is 4. The van der Waals surface area contributed by atoms with Gasteiger partial charge in [0.05, 0.1) is 17.4 Å². The summed E-state index contributed by atoms with van der Waals surface area (Å²) in [7, 11) is 0. The number of nitrogen functional groups attached to an aromatic ring is 1. The number of halogens is 1. The minimum Gasteiger partial charge on any atom is -0.397 e. The lowest BCUT2D eigenvalue weighted by Gasteiger charge is -2.32. The molecule has 3 N–H and O–H groups in total. The van der Waals surface area contributed by atoms with E-state index in [1.165, 1.54) is 31.5 Å². The van der Waals surface area contributed by atoms with Crippen molar-refractivity contribution in [3.8, 4) is 0 Å². The normalized spacial score (nSPS) is 17.7. The van der Waals surface area contributed by atoms with Crippen LogP contribution in [0.5, 0.6) is 0 Å². The van der Waals surface area contributed by atoms with Crippen LogP contribution in [-0.2, 0) is 0 Å². The third kappa shape index (κ3) is 3.84. The molecule has 0 bridgehead atoms. The molecule has 110 valence electrons. The molecule has 1 fully saturated rings. The predicted octanol–water partition coefficient (Wildman–Crippen LogP) is 1.92. The standard InChI is InChI=1S/C14H21ClN4O/c1-10(19-5-3-2-4-6-19)8-18-14(20)11-7-13(15)17-9-12(11)16/h7,9-10H,2-6,8,16H2,1H3,(H,18,20). The van der Waals surface area contributed by atoms with E-state index in [1.807, 2.05) is 0 Å². The number of hydrogen-bond donors (Lipinski definition) is 2. The lowest BCUT2D eigenvalue weighted by molar-refractivity contribution is 0.0931. The van der Waals surface area contributed by atoms with Gasteiger partial charge in [0.15, 0.2) is 0 Å². The first-order chi connectivity index (χ1) is 9.58. The van der Waals surface area contributed by atoms with Crippen molar-refractivity contribution in [2.45, 2.75) is 32.2 Å². The number of carbonyl (C=O) groups excluding carboxylic acids is 1. The van der Waals surface area contributed by atoms with E-state index in [4.69, 9.17) is 17.3 Å². The van der Waals surface area contributed by atoms with Crippen LogP contribution < -0.4 is 11.1 Å². The van der Waals surface area contributed by atoms with Crippen LogP contribution in [0.1, 0.15) is 36.5 Å². The Bertz CT molecular complexity index is 474. The number of amides is 1. The Labute approximate surface area is 124 Å². The molecule has 1 aromatic rings. The van der Waals surface area contributed by atoms with Crippen molar-refractivity contribution in [3.63, 3.8) is 0 Å². The number of piperidine rings is 1. The second-order valence-corrected chi connectivity index (χ2v) is 5.64. The number of anilines is 1. The fraction of sp³-hybridized carbons (Fsp3) is 0.571. The van der Waals surface area contributed by atoms with Crippen molar-refractivity contribution in [1.82, 2.24) is 15.2 Å². The lowest BCUT2D eigenvalue weighted by Crippen LogP contribution is -2.44. The summed E-state index contributed by atoms with van der Waals surface area (Å²) < 4.78 is 0. The summed E-state index contributed by atoms with van der Waals surface area (Å²) in [6, 6.07) is 1.83. The number of carbonyl (C=O) groups is 1. The molecule has 1 saturated heterocycles. The van der Waals surface area contributed by atoms with Crippen LogP contribution in [0.25, 0.3) is 0 Å². The first-order valence-corrected chi connectivity index (χ1v) is 7.39. The van der Waals surface area contributed by atoms with Gasteiger partial charge in [0.1, 0.15) is 5.15 Å². The van der Waals surface area contributed by atoms with Crippen LogP contribution in [0.15, 0.2) is 12.3 Å². The van der Waals surface area contributed by atoms with E-state index in [0.29, 0.717) is 23.8 Å². The van der Waals surface area contributed by atoms with Gasteiger partial charge in [-0.1, -0.05) is 18.0 Å². The molecule has 0 saturated carbocycles. The van der Waals surface area contributed by atoms with Gasteiger partial charge in [0.25, 0.3) is 5.91 Å². The molecule has 5 nitrogen and oxygen atoms in total. The molecule has 0 aliphatic carbocycles. The Morgan fingerprint density at radius 1 is 1.50 bits per heavy atom. The molecular formula is C14H21ClN4O. The third-order valence-corrected chi connectivity index (χ3v) is 3.92. The summed E-state index contributed by atoms with van der Waals surface area (Å²) in [4.78, 5) is 18.4. The number of nitrogens with two attached hydrogens (primary N) is 1. The van der Waals surface area contributed by atoms with Crippen LogP contribution in [0.4, 0.5) is 5.69 Å². The highest BCUT2D eigenvalue weighted by Crippen LogP contribution is 2.15. The summed E-state index contributed by atoms with van der Waals surface area (Å²) in [6.07, 6.45) is 5.20. The van der Waals surface area contributed by atoms with Crippen molar-refractivity contribution in [2.75, 3.05) is 25.4 Å². The second kappa shape index (κ2) is 6.90. The van der Waals surface area contributed by atoms with E-state index in [2.05, 4.69) is 22.1 Å². The summed E-state index contributed by atoms with van der Waals surface area (Å²) in [5, 5.41) is 3.19. The maximum absolute atomic E-state index is 12.1. The number of nitrogens with zero attached hydrogens (tertiary/aromatic N) is 2. The first kappa shape index (κ1) is 15.1. The number of aromatic nitrogens is 1. The predicted molar refractivity (Wildman–Crippen MR) is 80.9 cm³/mol. The van der Waals surface area contributed by atoms with E-state index in [-0.39, 0.29) is 11.1 Å². The van der Waals surface area contributed by atoms with Crippen LogP contribution >= 0.6 is 11.6 Å². The number of pyridine rings is 1. The summed E-state index contributed by atoms with van der Waals surface area (Å²) in [5.74, 6) is -0.198. The molecule has 1 unspecified atom stereocenters. The van der Waals surface area contributed by atoms with Crippen molar-refractivity contribution >= 4 is 23.2 Å². The smallest absolute Gasteiger partial charge is 0.253 e. The third-order valence-electron chi connectivity index (χ3n) is 3.72. The van der Waals surface area contributed by atoms with Crippen LogP contribution in [0.3, 0.4) is 0 Å². The minimum atomic E-state index is -0.198. The minimum absolute atomic E-state index is 0.198.